The fraction of sp³-hybridized carbons (Fsp3) is 0.375. The van der Waals surface area contributed by atoms with Crippen LogP contribution in [0.1, 0.15) is 12.0 Å². The molecule has 0 aromatic heterocycles. The van der Waals surface area contributed by atoms with Crippen LogP contribution in [0.3, 0.4) is 0 Å². The predicted octanol–water partition coefficient (Wildman–Crippen LogP) is 2.16. The van der Waals surface area contributed by atoms with Crippen LogP contribution in [0, 0.1) is 0 Å². The van der Waals surface area contributed by atoms with Crippen molar-refractivity contribution >= 4 is 74.0 Å². The lowest BCUT2D eigenvalue weighted by atomic mass is 10.2. The maximum absolute atomic E-state index is 12.1. The monoisotopic (exact) mass is 469 g/mol. The standard InChI is InChI=1S/C16H18Cl3N3O3S2/c17-16(18,19)14(21-13(23)7-6-11-4-2-1-3-5-11)22-15(26)20-12-8-9-27(24,25)10-12/h1-7,12,14H,8-10H2,(H,21,23)(H2,20,22,26)/b7-6+/t12-,14-/m1/s1. The Labute approximate surface area is 178 Å². The Hall–Kier alpha value is -1.06. The van der Waals surface area contributed by atoms with Crippen LogP contribution in [0.2, 0.25) is 0 Å². The molecule has 2 atom stereocenters. The average molecular weight is 471 g/mol. The summed E-state index contributed by atoms with van der Waals surface area (Å²) < 4.78 is 21.1. The maximum Gasteiger partial charge on any atom is 0.245 e. The smallest absolute Gasteiger partial charge is 0.245 e. The quantitative estimate of drug-likeness (QED) is 0.265. The number of rotatable bonds is 5. The van der Waals surface area contributed by atoms with Crippen molar-refractivity contribution in [1.82, 2.24) is 16.0 Å². The summed E-state index contributed by atoms with van der Waals surface area (Å²) in [6.07, 6.45) is 2.24. The van der Waals surface area contributed by atoms with Gasteiger partial charge in [-0.2, -0.15) is 0 Å². The van der Waals surface area contributed by atoms with E-state index in [1.165, 1.54) is 6.08 Å². The van der Waals surface area contributed by atoms with Gasteiger partial charge in [-0.15, -0.1) is 0 Å². The Kier molecular flexibility index (Phi) is 7.76. The fourth-order valence-electron chi connectivity index (χ4n) is 2.39. The van der Waals surface area contributed by atoms with E-state index in [1.807, 2.05) is 30.3 Å². The molecule has 27 heavy (non-hydrogen) atoms. The van der Waals surface area contributed by atoms with Crippen molar-refractivity contribution in [3.05, 3.63) is 42.0 Å². The molecule has 1 aliphatic rings. The molecule has 1 fully saturated rings. The molecule has 2 rings (SSSR count). The number of benzene rings is 1. The van der Waals surface area contributed by atoms with E-state index >= 15 is 0 Å². The van der Waals surface area contributed by atoms with Gasteiger partial charge in [0.25, 0.3) is 0 Å². The second kappa shape index (κ2) is 9.43. The summed E-state index contributed by atoms with van der Waals surface area (Å²) in [5.41, 5.74) is 0.839. The summed E-state index contributed by atoms with van der Waals surface area (Å²) in [6, 6.07) is 8.91. The normalized spacial score (nSPS) is 20.2. The molecule has 0 spiro atoms. The number of carbonyl (C=O) groups is 1. The summed E-state index contributed by atoms with van der Waals surface area (Å²) in [6.45, 7) is 0. The molecule has 148 valence electrons. The van der Waals surface area contributed by atoms with Crippen LogP contribution in [-0.4, -0.2) is 46.9 Å². The molecule has 6 nitrogen and oxygen atoms in total. The van der Waals surface area contributed by atoms with Gasteiger partial charge >= 0.3 is 0 Å². The lowest BCUT2D eigenvalue weighted by Crippen LogP contribution is -2.58. The molecule has 1 aromatic rings. The predicted molar refractivity (Wildman–Crippen MR) is 114 cm³/mol. The first-order chi connectivity index (χ1) is 12.5. The lowest BCUT2D eigenvalue weighted by Gasteiger charge is -2.28. The van der Waals surface area contributed by atoms with Crippen molar-refractivity contribution in [2.75, 3.05) is 11.5 Å². The summed E-state index contributed by atoms with van der Waals surface area (Å²) in [5.74, 6) is -0.407. The summed E-state index contributed by atoms with van der Waals surface area (Å²) in [4.78, 5) is 12.1. The van der Waals surface area contributed by atoms with Gasteiger partial charge in [-0.1, -0.05) is 65.1 Å². The van der Waals surface area contributed by atoms with E-state index in [-0.39, 0.29) is 22.7 Å². The highest BCUT2D eigenvalue weighted by molar-refractivity contribution is 7.91. The Morgan fingerprint density at radius 1 is 1.22 bits per heavy atom. The van der Waals surface area contributed by atoms with Gasteiger partial charge in [0.15, 0.2) is 14.9 Å². The average Bonchev–Trinajstić information content (AvgIpc) is 2.91. The van der Waals surface area contributed by atoms with Crippen LogP contribution in [0.25, 0.3) is 6.08 Å². The van der Waals surface area contributed by atoms with E-state index in [0.29, 0.717) is 6.42 Å². The first-order valence-corrected chi connectivity index (χ1v) is 11.3. The summed E-state index contributed by atoms with van der Waals surface area (Å²) >= 11 is 22.9. The van der Waals surface area contributed by atoms with Gasteiger partial charge in [-0.3, -0.25) is 4.79 Å². The molecule has 1 amide bonds. The van der Waals surface area contributed by atoms with E-state index in [0.717, 1.165) is 5.56 Å². The zero-order valence-corrected chi connectivity index (χ0v) is 17.9. The largest absolute Gasteiger partial charge is 0.359 e. The number of alkyl halides is 3. The first-order valence-electron chi connectivity index (χ1n) is 7.93. The highest BCUT2D eigenvalue weighted by Gasteiger charge is 2.35. The molecular weight excluding hydrogens is 453 g/mol. The van der Waals surface area contributed by atoms with Gasteiger partial charge in [0, 0.05) is 12.1 Å². The third-order valence-electron chi connectivity index (χ3n) is 3.68. The zero-order valence-electron chi connectivity index (χ0n) is 14.0. The minimum Gasteiger partial charge on any atom is -0.359 e. The van der Waals surface area contributed by atoms with Gasteiger partial charge in [0.05, 0.1) is 11.5 Å². The summed E-state index contributed by atoms with van der Waals surface area (Å²) in [5, 5.41) is 8.17. The molecule has 0 saturated carbocycles. The van der Waals surface area contributed by atoms with E-state index < -0.39 is 25.7 Å². The fourth-order valence-corrected chi connectivity index (χ4v) is 4.68. The van der Waals surface area contributed by atoms with Crippen LogP contribution in [0.4, 0.5) is 0 Å². The molecule has 11 heteroatoms. The topological polar surface area (TPSA) is 87.3 Å². The zero-order chi connectivity index (χ0) is 20.1. The maximum atomic E-state index is 12.1. The molecule has 1 saturated heterocycles. The number of carbonyl (C=O) groups excluding carboxylic acids is 1. The molecule has 1 aliphatic heterocycles. The number of amides is 1. The minimum atomic E-state index is -3.06. The van der Waals surface area contributed by atoms with Crippen LogP contribution >= 0.6 is 47.0 Å². The Morgan fingerprint density at radius 2 is 1.89 bits per heavy atom. The van der Waals surface area contributed by atoms with Crippen molar-refractivity contribution < 1.29 is 13.2 Å². The molecule has 0 radical (unpaired) electrons. The third kappa shape index (κ3) is 7.83. The van der Waals surface area contributed by atoms with Crippen LogP contribution < -0.4 is 16.0 Å². The van der Waals surface area contributed by atoms with Crippen LogP contribution in [-0.2, 0) is 14.6 Å². The second-order valence-electron chi connectivity index (χ2n) is 5.94. The van der Waals surface area contributed by atoms with Crippen LogP contribution in [0.15, 0.2) is 36.4 Å². The minimum absolute atomic E-state index is 0.0145. The number of hydrogen-bond acceptors (Lipinski definition) is 4. The number of nitrogens with one attached hydrogen (secondary N) is 3. The van der Waals surface area contributed by atoms with Crippen LogP contribution in [0.5, 0.6) is 0 Å². The molecule has 3 N–H and O–H groups in total. The van der Waals surface area contributed by atoms with E-state index in [9.17, 15) is 13.2 Å². The van der Waals surface area contributed by atoms with Crippen molar-refractivity contribution in [2.24, 2.45) is 0 Å². The van der Waals surface area contributed by atoms with Crippen molar-refractivity contribution in [3.63, 3.8) is 0 Å². The molecule has 0 unspecified atom stereocenters. The van der Waals surface area contributed by atoms with E-state index in [1.54, 1.807) is 6.08 Å². The van der Waals surface area contributed by atoms with Crippen molar-refractivity contribution in [1.29, 1.82) is 0 Å². The van der Waals surface area contributed by atoms with Gasteiger partial charge in [-0.05, 0) is 30.3 Å². The van der Waals surface area contributed by atoms with Gasteiger partial charge in [-0.25, -0.2) is 8.42 Å². The lowest BCUT2D eigenvalue weighted by molar-refractivity contribution is -0.117. The second-order valence-corrected chi connectivity index (χ2v) is 11.0. The highest BCUT2D eigenvalue weighted by Crippen LogP contribution is 2.29. The number of thiocarbonyl (C=S) groups is 1. The molecule has 0 bridgehead atoms. The van der Waals surface area contributed by atoms with Crippen molar-refractivity contribution in [3.8, 4) is 0 Å². The van der Waals surface area contributed by atoms with E-state index in [4.69, 9.17) is 47.0 Å². The van der Waals surface area contributed by atoms with E-state index in [2.05, 4.69) is 16.0 Å². The number of sulfone groups is 1. The SMILES string of the molecule is O=C(/C=C/c1ccccc1)N[C@H](NC(=S)N[C@@H]1CCS(=O)(=O)C1)C(Cl)(Cl)Cl. The Balaban J connectivity index is 1.93. The molecular formula is C16H18Cl3N3O3S2. The number of halogens is 3. The van der Waals surface area contributed by atoms with Gasteiger partial charge in [0.1, 0.15) is 6.17 Å². The molecule has 1 aromatic carbocycles. The molecule has 0 aliphatic carbocycles. The third-order valence-corrected chi connectivity index (χ3v) is 6.34. The van der Waals surface area contributed by atoms with Crippen molar-refractivity contribution in [2.45, 2.75) is 22.4 Å². The molecule has 1 heterocycles. The van der Waals surface area contributed by atoms with Gasteiger partial charge < -0.3 is 16.0 Å². The summed E-state index contributed by atoms with van der Waals surface area (Å²) in [7, 11) is -3.06. The highest BCUT2D eigenvalue weighted by atomic mass is 35.6. The number of hydrogen-bond donors (Lipinski definition) is 3. The Bertz CT molecular complexity index is 811. The Morgan fingerprint density at radius 3 is 2.44 bits per heavy atom. The van der Waals surface area contributed by atoms with Gasteiger partial charge in [0.2, 0.25) is 9.70 Å². The first kappa shape index (κ1) is 22.2.